The summed E-state index contributed by atoms with van der Waals surface area (Å²) in [6, 6.07) is 14.7. The summed E-state index contributed by atoms with van der Waals surface area (Å²) < 4.78 is 27.7. The van der Waals surface area contributed by atoms with Gasteiger partial charge in [0.25, 0.3) is 5.91 Å². The van der Waals surface area contributed by atoms with Crippen molar-refractivity contribution in [2.45, 2.75) is 37.4 Å². The Labute approximate surface area is 154 Å². The summed E-state index contributed by atoms with van der Waals surface area (Å²) in [5.74, 6) is -0.0244. The lowest BCUT2D eigenvalue weighted by Gasteiger charge is -2.18. The van der Waals surface area contributed by atoms with Crippen LogP contribution in [0.4, 0.5) is 11.4 Å². The molecule has 1 heterocycles. The highest BCUT2D eigenvalue weighted by atomic mass is 32.2. The standard InChI is InChI=1S/C20H22N2O3S/c23-20(15-6-2-1-3-7-15)22-13-12-16-14-17(10-11-19(16)22)21-26(24,25)18-8-4-5-9-18/h1-3,6-7,10-11,14,18,21H,4-5,8-9,12-13H2. The summed E-state index contributed by atoms with van der Waals surface area (Å²) in [5.41, 5.74) is 3.11. The number of amides is 1. The molecule has 1 aliphatic carbocycles. The molecule has 0 unspecified atom stereocenters. The Balaban J connectivity index is 1.54. The fourth-order valence-corrected chi connectivity index (χ4v) is 5.44. The van der Waals surface area contributed by atoms with Crippen LogP contribution in [-0.4, -0.2) is 26.1 Å². The van der Waals surface area contributed by atoms with Crippen LogP contribution in [0.1, 0.15) is 41.6 Å². The smallest absolute Gasteiger partial charge is 0.258 e. The van der Waals surface area contributed by atoms with E-state index < -0.39 is 10.0 Å². The molecule has 0 aromatic heterocycles. The van der Waals surface area contributed by atoms with E-state index in [0.29, 0.717) is 17.8 Å². The van der Waals surface area contributed by atoms with Crippen LogP contribution < -0.4 is 9.62 Å². The average molecular weight is 370 g/mol. The van der Waals surface area contributed by atoms with Crippen LogP contribution in [-0.2, 0) is 16.4 Å². The topological polar surface area (TPSA) is 66.5 Å². The maximum absolute atomic E-state index is 12.7. The minimum atomic E-state index is -3.33. The Kier molecular flexibility index (Phi) is 4.44. The molecule has 5 nitrogen and oxygen atoms in total. The largest absolute Gasteiger partial charge is 0.308 e. The first-order chi connectivity index (χ1) is 12.5. The highest BCUT2D eigenvalue weighted by Crippen LogP contribution is 2.33. The van der Waals surface area contributed by atoms with Gasteiger partial charge in [0, 0.05) is 23.5 Å². The van der Waals surface area contributed by atoms with Gasteiger partial charge in [-0.15, -0.1) is 0 Å². The lowest BCUT2D eigenvalue weighted by molar-refractivity contribution is 0.0989. The molecule has 6 heteroatoms. The molecule has 0 radical (unpaired) electrons. The molecule has 0 spiro atoms. The van der Waals surface area contributed by atoms with Crippen LogP contribution in [0.2, 0.25) is 0 Å². The molecule has 2 aliphatic rings. The van der Waals surface area contributed by atoms with E-state index in [-0.39, 0.29) is 11.2 Å². The number of hydrogen-bond donors (Lipinski definition) is 1. The third-order valence-corrected chi connectivity index (χ3v) is 7.11. The van der Waals surface area contributed by atoms with Gasteiger partial charge in [0.1, 0.15) is 0 Å². The van der Waals surface area contributed by atoms with Crippen molar-refractivity contribution in [3.63, 3.8) is 0 Å². The molecule has 1 amide bonds. The van der Waals surface area contributed by atoms with Crippen molar-refractivity contribution in [3.8, 4) is 0 Å². The Morgan fingerprint density at radius 2 is 1.77 bits per heavy atom. The zero-order chi connectivity index (χ0) is 18.1. The molecule has 0 atom stereocenters. The zero-order valence-corrected chi connectivity index (χ0v) is 15.3. The number of nitrogens with one attached hydrogen (secondary N) is 1. The van der Waals surface area contributed by atoms with Crippen molar-refractivity contribution < 1.29 is 13.2 Å². The molecule has 1 N–H and O–H groups in total. The monoisotopic (exact) mass is 370 g/mol. The second kappa shape index (κ2) is 6.76. The second-order valence-corrected chi connectivity index (χ2v) is 8.93. The number of carbonyl (C=O) groups excluding carboxylic acids is 1. The van der Waals surface area contributed by atoms with Gasteiger partial charge < -0.3 is 4.90 Å². The fraction of sp³-hybridized carbons (Fsp3) is 0.350. The molecule has 1 saturated carbocycles. The molecule has 2 aromatic rings. The number of hydrogen-bond acceptors (Lipinski definition) is 3. The van der Waals surface area contributed by atoms with Gasteiger partial charge in [-0.1, -0.05) is 31.0 Å². The van der Waals surface area contributed by atoms with Crippen LogP contribution in [0.5, 0.6) is 0 Å². The molecule has 0 saturated heterocycles. The van der Waals surface area contributed by atoms with E-state index in [1.807, 2.05) is 42.5 Å². The Bertz CT molecular complexity index is 919. The van der Waals surface area contributed by atoms with E-state index >= 15 is 0 Å². The van der Waals surface area contributed by atoms with Crippen LogP contribution in [0, 0.1) is 0 Å². The lowest BCUT2D eigenvalue weighted by Crippen LogP contribution is -2.28. The molecule has 1 aliphatic heterocycles. The van der Waals surface area contributed by atoms with Gasteiger partial charge in [-0.3, -0.25) is 9.52 Å². The van der Waals surface area contributed by atoms with E-state index in [0.717, 1.165) is 43.4 Å². The van der Waals surface area contributed by atoms with Gasteiger partial charge in [0.15, 0.2) is 0 Å². The number of sulfonamides is 1. The van der Waals surface area contributed by atoms with Crippen molar-refractivity contribution >= 4 is 27.3 Å². The minimum Gasteiger partial charge on any atom is -0.308 e. The average Bonchev–Trinajstić information content (AvgIpc) is 3.31. The van der Waals surface area contributed by atoms with Crippen LogP contribution in [0.3, 0.4) is 0 Å². The first-order valence-electron chi connectivity index (χ1n) is 9.06. The van der Waals surface area contributed by atoms with Crippen molar-refractivity contribution in [2.75, 3.05) is 16.2 Å². The number of rotatable bonds is 4. The molecule has 1 fully saturated rings. The van der Waals surface area contributed by atoms with Gasteiger partial charge in [-0.25, -0.2) is 8.42 Å². The summed E-state index contributed by atoms with van der Waals surface area (Å²) in [4.78, 5) is 14.5. The SMILES string of the molecule is O=C(c1ccccc1)N1CCc2cc(NS(=O)(=O)C3CCCC3)ccc21. The summed E-state index contributed by atoms with van der Waals surface area (Å²) in [6.45, 7) is 0.613. The Morgan fingerprint density at radius 3 is 2.50 bits per heavy atom. The minimum absolute atomic E-state index is 0.0244. The quantitative estimate of drug-likeness (QED) is 0.895. The van der Waals surface area contributed by atoms with Crippen molar-refractivity contribution in [3.05, 3.63) is 59.7 Å². The molecule has 26 heavy (non-hydrogen) atoms. The van der Waals surface area contributed by atoms with E-state index in [9.17, 15) is 13.2 Å². The molecule has 136 valence electrons. The van der Waals surface area contributed by atoms with Crippen LogP contribution >= 0.6 is 0 Å². The van der Waals surface area contributed by atoms with E-state index in [4.69, 9.17) is 0 Å². The summed E-state index contributed by atoms with van der Waals surface area (Å²) in [7, 11) is -3.33. The number of fused-ring (bicyclic) bond motifs is 1. The Hall–Kier alpha value is -2.34. The first kappa shape index (κ1) is 17.1. The van der Waals surface area contributed by atoms with Crippen LogP contribution in [0.15, 0.2) is 48.5 Å². The van der Waals surface area contributed by atoms with Crippen molar-refractivity contribution in [1.82, 2.24) is 0 Å². The maximum atomic E-state index is 12.7. The van der Waals surface area contributed by atoms with E-state index in [1.165, 1.54) is 0 Å². The molecular formula is C20H22N2O3S. The second-order valence-electron chi connectivity index (χ2n) is 6.97. The molecule has 0 bridgehead atoms. The van der Waals surface area contributed by atoms with Gasteiger partial charge >= 0.3 is 0 Å². The van der Waals surface area contributed by atoms with Gasteiger partial charge in [-0.05, 0) is 55.2 Å². The van der Waals surface area contributed by atoms with Crippen molar-refractivity contribution in [1.29, 1.82) is 0 Å². The number of nitrogens with zero attached hydrogens (tertiary/aromatic N) is 1. The highest BCUT2D eigenvalue weighted by Gasteiger charge is 2.30. The predicted octanol–water partition coefficient (Wildman–Crippen LogP) is 3.57. The van der Waals surface area contributed by atoms with Gasteiger partial charge in [-0.2, -0.15) is 0 Å². The summed E-state index contributed by atoms with van der Waals surface area (Å²) >= 11 is 0. The number of anilines is 2. The summed E-state index contributed by atoms with van der Waals surface area (Å²) in [6.07, 6.45) is 4.16. The summed E-state index contributed by atoms with van der Waals surface area (Å²) in [5, 5.41) is -0.285. The van der Waals surface area contributed by atoms with Gasteiger partial charge in [0.05, 0.1) is 5.25 Å². The fourth-order valence-electron chi connectivity index (χ4n) is 3.86. The van der Waals surface area contributed by atoms with Crippen LogP contribution in [0.25, 0.3) is 0 Å². The molecule has 4 rings (SSSR count). The lowest BCUT2D eigenvalue weighted by atomic mass is 10.1. The third-order valence-electron chi connectivity index (χ3n) is 5.24. The predicted molar refractivity (Wildman–Crippen MR) is 103 cm³/mol. The molecule has 2 aromatic carbocycles. The normalized spacial score (nSPS) is 17.3. The zero-order valence-electron chi connectivity index (χ0n) is 14.5. The number of carbonyl (C=O) groups is 1. The number of benzene rings is 2. The van der Waals surface area contributed by atoms with Gasteiger partial charge in [0.2, 0.25) is 10.0 Å². The van der Waals surface area contributed by atoms with E-state index in [1.54, 1.807) is 11.0 Å². The highest BCUT2D eigenvalue weighted by molar-refractivity contribution is 7.93. The van der Waals surface area contributed by atoms with Crippen molar-refractivity contribution in [2.24, 2.45) is 0 Å². The van der Waals surface area contributed by atoms with E-state index in [2.05, 4.69) is 4.72 Å². The maximum Gasteiger partial charge on any atom is 0.258 e. The third kappa shape index (κ3) is 3.21. The first-order valence-corrected chi connectivity index (χ1v) is 10.6. The Morgan fingerprint density at radius 1 is 1.04 bits per heavy atom. The molecular weight excluding hydrogens is 348 g/mol.